The highest BCUT2D eigenvalue weighted by atomic mass is 16.5. The van der Waals surface area contributed by atoms with Crippen LogP contribution in [0.2, 0.25) is 0 Å². The van der Waals surface area contributed by atoms with Crippen molar-refractivity contribution in [3.8, 4) is 0 Å². The molecule has 2 aromatic carbocycles. The molecule has 7 rings (SSSR count). The molecule has 8 atom stereocenters. The standard InChI is InChI=1S/C44H56N6O9/c1-25-8-6-9-28(16-25)19-33(46-38(52)20-29-13-14-30-10-7-11-31(30)18-29)39(53)47-34-24-59-44(58)37-17-26(2)22-49(37)41(55)27(3)45-40(54)35-12-4-5-15-48(35)43(57)36-21-32(51)23-50(36)42(34)56/h6,8-9,13-14,16,18,26-27,32-37,51H,4-5,7,10-12,15,17,19-24H2,1-3H3,(H,45,54)(H,46,52)(H,47,53)/t26-,27+,32-,33+,34+,35+,36+,37+/m1/s1. The molecule has 0 saturated carbocycles. The van der Waals surface area contributed by atoms with Crippen molar-refractivity contribution in [3.05, 3.63) is 70.3 Å². The number of hydrogen-bond acceptors (Lipinski definition) is 9. The summed E-state index contributed by atoms with van der Waals surface area (Å²) < 4.78 is 5.76. The van der Waals surface area contributed by atoms with Gasteiger partial charge in [0.05, 0.1) is 12.5 Å². The van der Waals surface area contributed by atoms with Crippen LogP contribution < -0.4 is 16.0 Å². The van der Waals surface area contributed by atoms with Gasteiger partial charge in [-0.2, -0.15) is 0 Å². The zero-order chi connectivity index (χ0) is 42.0. The van der Waals surface area contributed by atoms with E-state index < -0.39 is 90.4 Å². The van der Waals surface area contributed by atoms with Gasteiger partial charge in [0, 0.05) is 32.5 Å². The van der Waals surface area contributed by atoms with Crippen molar-refractivity contribution in [2.24, 2.45) is 5.92 Å². The number of hydrogen-bond donors (Lipinski definition) is 4. The first-order valence-corrected chi connectivity index (χ1v) is 21.1. The van der Waals surface area contributed by atoms with Crippen LogP contribution in [-0.2, 0) is 64.0 Å². The molecule has 0 aromatic heterocycles. The number of aryl methyl sites for hydroxylation is 3. The highest BCUT2D eigenvalue weighted by Crippen LogP contribution is 2.28. The van der Waals surface area contributed by atoms with Crippen molar-refractivity contribution in [1.29, 1.82) is 0 Å². The summed E-state index contributed by atoms with van der Waals surface area (Å²) >= 11 is 0. The van der Waals surface area contributed by atoms with E-state index in [2.05, 4.69) is 16.0 Å². The summed E-state index contributed by atoms with van der Waals surface area (Å²) in [6.07, 6.45) is 3.87. The summed E-state index contributed by atoms with van der Waals surface area (Å²) in [5.41, 5.74) is 5.02. The Morgan fingerprint density at radius 1 is 0.847 bits per heavy atom. The van der Waals surface area contributed by atoms with Crippen LogP contribution in [0.1, 0.15) is 80.2 Å². The zero-order valence-corrected chi connectivity index (χ0v) is 34.1. The van der Waals surface area contributed by atoms with Crippen molar-refractivity contribution in [1.82, 2.24) is 30.7 Å². The Kier molecular flexibility index (Phi) is 12.7. The molecule has 0 bridgehead atoms. The van der Waals surface area contributed by atoms with E-state index >= 15 is 0 Å². The van der Waals surface area contributed by atoms with Crippen LogP contribution >= 0.6 is 0 Å². The smallest absolute Gasteiger partial charge is 0.328 e. The number of fused-ring (bicyclic) bond motifs is 4. The van der Waals surface area contributed by atoms with E-state index in [1.807, 2.05) is 56.3 Å². The number of amides is 6. The van der Waals surface area contributed by atoms with E-state index in [-0.39, 0.29) is 51.2 Å². The lowest BCUT2D eigenvalue weighted by Gasteiger charge is -2.39. The van der Waals surface area contributed by atoms with E-state index in [0.717, 1.165) is 36.0 Å². The van der Waals surface area contributed by atoms with Crippen molar-refractivity contribution in [2.75, 3.05) is 26.2 Å². The third-order valence-corrected chi connectivity index (χ3v) is 12.4. The molecule has 4 heterocycles. The largest absolute Gasteiger partial charge is 0.461 e. The molecular weight excluding hydrogens is 757 g/mol. The first-order valence-electron chi connectivity index (χ1n) is 21.1. The third kappa shape index (κ3) is 9.45. The number of nitrogens with one attached hydrogen (secondary N) is 3. The average Bonchev–Trinajstić information content (AvgIpc) is 3.95. The predicted octanol–water partition coefficient (Wildman–Crippen LogP) is 0.880. The van der Waals surface area contributed by atoms with Gasteiger partial charge in [-0.15, -0.1) is 0 Å². The number of piperidine rings is 1. The molecule has 15 heteroatoms. The van der Waals surface area contributed by atoms with Gasteiger partial charge in [-0.05, 0) is 87.0 Å². The van der Waals surface area contributed by atoms with Crippen LogP contribution in [-0.4, -0.2) is 130 Å². The van der Waals surface area contributed by atoms with Gasteiger partial charge in [0.25, 0.3) is 0 Å². The van der Waals surface area contributed by atoms with Crippen molar-refractivity contribution < 1.29 is 43.4 Å². The maximum atomic E-state index is 14.6. The maximum absolute atomic E-state index is 14.6. The highest BCUT2D eigenvalue weighted by molar-refractivity contribution is 5.98. The molecule has 0 spiro atoms. The molecule has 5 aliphatic rings. The van der Waals surface area contributed by atoms with Crippen molar-refractivity contribution in [2.45, 2.75) is 127 Å². The van der Waals surface area contributed by atoms with Gasteiger partial charge in [-0.3, -0.25) is 28.8 Å². The van der Waals surface area contributed by atoms with Gasteiger partial charge in [0.1, 0.15) is 42.9 Å². The minimum Gasteiger partial charge on any atom is -0.461 e. The molecule has 15 nitrogen and oxygen atoms in total. The van der Waals surface area contributed by atoms with Gasteiger partial charge in [0.15, 0.2) is 0 Å². The lowest BCUT2D eigenvalue weighted by atomic mass is 9.99. The first-order chi connectivity index (χ1) is 28.2. The lowest BCUT2D eigenvalue weighted by molar-refractivity contribution is -0.158. The summed E-state index contributed by atoms with van der Waals surface area (Å²) in [4.78, 5) is 102. The molecular formula is C44H56N6O9. The van der Waals surface area contributed by atoms with Crippen molar-refractivity contribution >= 4 is 41.4 Å². The summed E-state index contributed by atoms with van der Waals surface area (Å²) in [6.45, 7) is 4.96. The Morgan fingerprint density at radius 3 is 2.42 bits per heavy atom. The lowest BCUT2D eigenvalue weighted by Crippen LogP contribution is -2.62. The first kappa shape index (κ1) is 41.8. The summed E-state index contributed by atoms with van der Waals surface area (Å²) in [5.74, 6) is -4.27. The molecule has 6 amide bonds. The average molecular weight is 813 g/mol. The number of aliphatic hydroxyl groups excluding tert-OH is 1. The monoisotopic (exact) mass is 812 g/mol. The quantitative estimate of drug-likeness (QED) is 0.294. The fourth-order valence-electron chi connectivity index (χ4n) is 9.44. The summed E-state index contributed by atoms with van der Waals surface area (Å²) in [7, 11) is 0. The van der Waals surface area contributed by atoms with Crippen LogP contribution in [0.5, 0.6) is 0 Å². The van der Waals surface area contributed by atoms with Crippen LogP contribution in [0.3, 0.4) is 0 Å². The highest BCUT2D eigenvalue weighted by Gasteiger charge is 2.47. The molecule has 4 aliphatic heterocycles. The topological polar surface area (TPSA) is 195 Å². The Morgan fingerprint density at radius 2 is 1.63 bits per heavy atom. The van der Waals surface area contributed by atoms with E-state index in [9.17, 15) is 38.7 Å². The molecule has 316 valence electrons. The fraction of sp³-hybridized carbons (Fsp3) is 0.568. The van der Waals surface area contributed by atoms with E-state index in [4.69, 9.17) is 4.74 Å². The molecule has 1 aliphatic carbocycles. The van der Waals surface area contributed by atoms with Crippen molar-refractivity contribution in [3.63, 3.8) is 0 Å². The number of cyclic esters (lactones) is 1. The second kappa shape index (κ2) is 17.9. The molecule has 0 radical (unpaired) electrons. The molecule has 4 N–H and O–H groups in total. The van der Waals surface area contributed by atoms with Crippen LogP contribution in [0.25, 0.3) is 0 Å². The van der Waals surface area contributed by atoms with Crippen LogP contribution in [0.15, 0.2) is 42.5 Å². The number of carbonyl (C=O) groups is 7. The Balaban J connectivity index is 1.18. The van der Waals surface area contributed by atoms with E-state index in [0.29, 0.717) is 19.3 Å². The Bertz CT molecular complexity index is 1990. The van der Waals surface area contributed by atoms with E-state index in [1.165, 1.54) is 25.8 Å². The number of ether oxygens (including phenoxy) is 1. The number of rotatable bonds is 7. The SMILES string of the molecule is Cc1cccc(C[C@H](NC(=O)Cc2ccc3c(c2)CCC3)C(=O)N[C@H]2COC(=O)[C@@H]3C[C@@H](C)CN3C(=O)[C@H](C)NC(=O)[C@@H]3CCCCN3C(=O)[C@@H]3C[C@@H](O)CN3C2=O)c1. The summed E-state index contributed by atoms with van der Waals surface area (Å²) in [5, 5.41) is 19.3. The fourth-order valence-corrected chi connectivity index (χ4v) is 9.44. The zero-order valence-electron chi connectivity index (χ0n) is 34.1. The minimum absolute atomic E-state index is 0.0312. The number of benzene rings is 2. The number of aliphatic hydroxyl groups is 1. The van der Waals surface area contributed by atoms with E-state index in [1.54, 1.807) is 6.92 Å². The Labute approximate surface area is 344 Å². The minimum atomic E-state index is -1.53. The molecule has 0 unspecified atom stereocenters. The molecule has 2 aromatic rings. The summed E-state index contributed by atoms with van der Waals surface area (Å²) in [6, 6.07) is 6.73. The number of nitrogens with zero attached hydrogens (tertiary/aromatic N) is 3. The normalized spacial score (nSPS) is 28.2. The van der Waals surface area contributed by atoms with Crippen LogP contribution in [0.4, 0.5) is 0 Å². The maximum Gasteiger partial charge on any atom is 0.328 e. The number of esters is 1. The van der Waals surface area contributed by atoms with Gasteiger partial charge < -0.3 is 40.5 Å². The third-order valence-electron chi connectivity index (χ3n) is 12.4. The second-order valence-corrected chi connectivity index (χ2v) is 17.2. The van der Waals surface area contributed by atoms with Gasteiger partial charge in [-0.25, -0.2) is 4.79 Å². The van der Waals surface area contributed by atoms with Gasteiger partial charge in [-0.1, -0.05) is 55.0 Å². The van der Waals surface area contributed by atoms with Gasteiger partial charge in [0.2, 0.25) is 35.4 Å². The second-order valence-electron chi connectivity index (χ2n) is 17.2. The molecule has 59 heavy (non-hydrogen) atoms. The van der Waals surface area contributed by atoms with Crippen LogP contribution in [0, 0.1) is 12.8 Å². The van der Waals surface area contributed by atoms with Gasteiger partial charge >= 0.3 is 5.97 Å². The Hall–Kier alpha value is -5.31. The molecule has 4 fully saturated rings. The number of carbonyl (C=O) groups excluding carboxylic acids is 7. The predicted molar refractivity (Wildman–Crippen MR) is 214 cm³/mol. The molecule has 4 saturated heterocycles.